The largest absolute Gasteiger partial charge is 0.483 e. The maximum Gasteiger partial charge on any atom is 0.224 e. The van der Waals surface area contributed by atoms with E-state index in [9.17, 15) is 4.79 Å². The Morgan fingerprint density at radius 1 is 1.05 bits per heavy atom. The van der Waals surface area contributed by atoms with Crippen LogP contribution in [0.25, 0.3) is 11.5 Å². The normalized spacial score (nSPS) is 12.5. The molecular formula is C17H15N3O2. The first-order valence-electron chi connectivity index (χ1n) is 7.24. The zero-order chi connectivity index (χ0) is 14.9. The Hall–Kier alpha value is -2.82. The summed E-state index contributed by atoms with van der Waals surface area (Å²) in [7, 11) is 0. The molecule has 5 nitrogen and oxygen atoms in total. The zero-order valence-electron chi connectivity index (χ0n) is 12.0. The van der Waals surface area contributed by atoms with E-state index >= 15 is 0 Å². The minimum absolute atomic E-state index is 0.112. The first-order valence-corrected chi connectivity index (χ1v) is 7.24. The lowest BCUT2D eigenvalue weighted by Crippen LogP contribution is -2.22. The molecule has 0 atom stereocenters. The number of fused-ring (bicyclic) bond motifs is 3. The Kier molecular flexibility index (Phi) is 3.04. The SMILES string of the molecule is O=c1ccn2c(c1OCc1ccccc1)-c1nccn1CC2. The number of rotatable bonds is 3. The molecular weight excluding hydrogens is 278 g/mol. The van der Waals surface area contributed by atoms with Gasteiger partial charge in [-0.25, -0.2) is 4.98 Å². The van der Waals surface area contributed by atoms with Gasteiger partial charge in [-0.3, -0.25) is 4.79 Å². The van der Waals surface area contributed by atoms with E-state index in [1.807, 2.05) is 51.9 Å². The van der Waals surface area contributed by atoms with Gasteiger partial charge in [0.2, 0.25) is 5.43 Å². The molecule has 0 saturated heterocycles. The lowest BCUT2D eigenvalue weighted by atomic mass is 10.2. The van der Waals surface area contributed by atoms with Crippen LogP contribution in [0.2, 0.25) is 0 Å². The highest BCUT2D eigenvalue weighted by Crippen LogP contribution is 2.29. The van der Waals surface area contributed by atoms with E-state index in [-0.39, 0.29) is 5.43 Å². The number of hydrogen-bond acceptors (Lipinski definition) is 3. The topological polar surface area (TPSA) is 49.1 Å². The molecule has 0 spiro atoms. The number of nitrogens with zero attached hydrogens (tertiary/aromatic N) is 3. The number of aromatic nitrogens is 3. The van der Waals surface area contributed by atoms with Gasteiger partial charge in [0.1, 0.15) is 12.3 Å². The number of aryl methyl sites for hydroxylation is 2. The summed E-state index contributed by atoms with van der Waals surface area (Å²) in [5.74, 6) is 1.16. The molecule has 4 rings (SSSR count). The van der Waals surface area contributed by atoms with Gasteiger partial charge in [-0.15, -0.1) is 0 Å². The molecule has 0 saturated carbocycles. The molecule has 1 aromatic carbocycles. The van der Waals surface area contributed by atoms with Crippen molar-refractivity contribution in [1.29, 1.82) is 0 Å². The van der Waals surface area contributed by atoms with Gasteiger partial charge in [0.05, 0.1) is 0 Å². The quantitative estimate of drug-likeness (QED) is 0.744. The second-order valence-corrected chi connectivity index (χ2v) is 5.27. The predicted molar refractivity (Wildman–Crippen MR) is 82.7 cm³/mol. The number of imidazole rings is 1. The van der Waals surface area contributed by atoms with Crippen molar-refractivity contribution in [2.75, 3.05) is 0 Å². The van der Waals surface area contributed by atoms with Crippen LogP contribution in [0.1, 0.15) is 5.56 Å². The van der Waals surface area contributed by atoms with E-state index in [0.29, 0.717) is 12.4 Å². The van der Waals surface area contributed by atoms with Gasteiger partial charge in [0.15, 0.2) is 11.6 Å². The van der Waals surface area contributed by atoms with E-state index in [0.717, 1.165) is 30.2 Å². The molecule has 5 heteroatoms. The van der Waals surface area contributed by atoms with Gasteiger partial charge in [-0.2, -0.15) is 0 Å². The highest BCUT2D eigenvalue weighted by molar-refractivity contribution is 5.61. The lowest BCUT2D eigenvalue weighted by Gasteiger charge is -2.22. The molecule has 1 aliphatic heterocycles. The van der Waals surface area contributed by atoms with Crippen molar-refractivity contribution in [3.8, 4) is 17.3 Å². The maximum absolute atomic E-state index is 12.3. The van der Waals surface area contributed by atoms with E-state index in [1.165, 1.54) is 0 Å². The van der Waals surface area contributed by atoms with Crippen molar-refractivity contribution >= 4 is 0 Å². The van der Waals surface area contributed by atoms with Crippen molar-refractivity contribution < 1.29 is 4.74 Å². The first kappa shape index (κ1) is 12.9. The van der Waals surface area contributed by atoms with Crippen LogP contribution < -0.4 is 10.2 Å². The summed E-state index contributed by atoms with van der Waals surface area (Å²) in [6.45, 7) is 2.03. The minimum Gasteiger partial charge on any atom is -0.483 e. The summed E-state index contributed by atoms with van der Waals surface area (Å²) in [5, 5.41) is 0. The van der Waals surface area contributed by atoms with Crippen molar-refractivity contribution in [1.82, 2.24) is 14.1 Å². The van der Waals surface area contributed by atoms with Crippen LogP contribution in [0.5, 0.6) is 5.75 Å². The van der Waals surface area contributed by atoms with Crippen molar-refractivity contribution in [3.63, 3.8) is 0 Å². The summed E-state index contributed by atoms with van der Waals surface area (Å²) in [5.41, 5.74) is 1.68. The Morgan fingerprint density at radius 3 is 2.73 bits per heavy atom. The van der Waals surface area contributed by atoms with Crippen LogP contribution in [0, 0.1) is 0 Å². The first-order chi connectivity index (χ1) is 10.8. The number of pyridine rings is 1. The number of benzene rings is 1. The molecule has 0 amide bonds. The van der Waals surface area contributed by atoms with Gasteiger partial charge < -0.3 is 13.9 Å². The summed E-state index contributed by atoms with van der Waals surface area (Å²) < 4.78 is 9.94. The summed E-state index contributed by atoms with van der Waals surface area (Å²) in [4.78, 5) is 16.6. The fourth-order valence-electron chi connectivity index (χ4n) is 2.76. The highest BCUT2D eigenvalue weighted by atomic mass is 16.5. The molecule has 2 aromatic heterocycles. The Balaban J connectivity index is 1.76. The predicted octanol–water partition coefficient (Wildman–Crippen LogP) is 2.30. The van der Waals surface area contributed by atoms with Gasteiger partial charge >= 0.3 is 0 Å². The molecule has 3 aromatic rings. The summed E-state index contributed by atoms with van der Waals surface area (Å²) in [6.07, 6.45) is 5.49. The van der Waals surface area contributed by atoms with Gasteiger partial charge in [0.25, 0.3) is 0 Å². The maximum atomic E-state index is 12.3. The van der Waals surface area contributed by atoms with E-state index in [1.54, 1.807) is 12.3 Å². The minimum atomic E-state index is -0.112. The van der Waals surface area contributed by atoms with Crippen LogP contribution in [0.3, 0.4) is 0 Å². The number of hydrogen-bond donors (Lipinski definition) is 0. The monoisotopic (exact) mass is 293 g/mol. The smallest absolute Gasteiger partial charge is 0.224 e. The van der Waals surface area contributed by atoms with Crippen molar-refractivity contribution in [2.45, 2.75) is 19.7 Å². The van der Waals surface area contributed by atoms with Crippen LogP contribution in [-0.4, -0.2) is 14.1 Å². The number of ether oxygens (including phenoxy) is 1. The van der Waals surface area contributed by atoms with Gasteiger partial charge in [-0.05, 0) is 5.56 Å². The molecule has 0 N–H and O–H groups in total. The Bertz CT molecular complexity index is 865. The van der Waals surface area contributed by atoms with Crippen LogP contribution >= 0.6 is 0 Å². The zero-order valence-corrected chi connectivity index (χ0v) is 12.0. The molecule has 3 heterocycles. The fourth-order valence-corrected chi connectivity index (χ4v) is 2.76. The molecule has 0 aliphatic carbocycles. The third-order valence-corrected chi connectivity index (χ3v) is 3.87. The molecule has 1 aliphatic rings. The summed E-state index contributed by atoms with van der Waals surface area (Å²) >= 11 is 0. The van der Waals surface area contributed by atoms with Crippen molar-refractivity contribution in [3.05, 3.63) is 70.8 Å². The Labute approximate surface area is 127 Å². The van der Waals surface area contributed by atoms with Crippen molar-refractivity contribution in [2.24, 2.45) is 0 Å². The van der Waals surface area contributed by atoms with Crippen LogP contribution in [0.4, 0.5) is 0 Å². The van der Waals surface area contributed by atoms with Gasteiger partial charge in [0, 0.05) is 37.7 Å². The molecule has 110 valence electrons. The fraction of sp³-hybridized carbons (Fsp3) is 0.176. The van der Waals surface area contributed by atoms with Crippen LogP contribution in [0.15, 0.2) is 59.8 Å². The second-order valence-electron chi connectivity index (χ2n) is 5.27. The summed E-state index contributed by atoms with van der Waals surface area (Å²) in [6, 6.07) is 11.4. The molecule has 0 unspecified atom stereocenters. The van der Waals surface area contributed by atoms with E-state index in [2.05, 4.69) is 4.98 Å². The average molecular weight is 293 g/mol. The molecule has 0 radical (unpaired) electrons. The average Bonchev–Trinajstić information content (AvgIpc) is 3.03. The Morgan fingerprint density at radius 2 is 1.86 bits per heavy atom. The third kappa shape index (κ3) is 2.11. The van der Waals surface area contributed by atoms with E-state index in [4.69, 9.17) is 4.74 Å². The second kappa shape index (κ2) is 5.18. The standard InChI is InChI=1S/C17H15N3O2/c21-14-6-8-19-10-11-20-9-7-18-17(20)15(19)16(14)22-12-13-4-2-1-3-5-13/h1-9H,10-12H2. The van der Waals surface area contributed by atoms with E-state index < -0.39 is 0 Å². The molecule has 0 bridgehead atoms. The molecule has 22 heavy (non-hydrogen) atoms. The molecule has 0 fully saturated rings. The van der Waals surface area contributed by atoms with Gasteiger partial charge in [-0.1, -0.05) is 30.3 Å². The highest BCUT2D eigenvalue weighted by Gasteiger charge is 2.22. The third-order valence-electron chi connectivity index (χ3n) is 3.87. The lowest BCUT2D eigenvalue weighted by molar-refractivity contribution is 0.300. The van der Waals surface area contributed by atoms with Crippen LogP contribution in [-0.2, 0) is 19.7 Å².